The van der Waals surface area contributed by atoms with Gasteiger partial charge < -0.3 is 10.1 Å². The number of benzene rings is 3. The summed E-state index contributed by atoms with van der Waals surface area (Å²) < 4.78 is 75.6. The number of hydrazine groups is 1. The van der Waals surface area contributed by atoms with Crippen LogP contribution in [0.5, 0.6) is 5.75 Å². The summed E-state index contributed by atoms with van der Waals surface area (Å²) in [6.45, 7) is 2.46. The fourth-order valence-electron chi connectivity index (χ4n) is 3.78. The van der Waals surface area contributed by atoms with Crippen molar-refractivity contribution in [1.29, 1.82) is 0 Å². The molecule has 1 unspecified atom stereocenters. The highest BCUT2D eigenvalue weighted by Crippen LogP contribution is 2.32. The second-order valence-corrected chi connectivity index (χ2v) is 8.72. The summed E-state index contributed by atoms with van der Waals surface area (Å²) in [5.74, 6) is -11.9. The van der Waals surface area contributed by atoms with Crippen LogP contribution in [0.3, 0.4) is 0 Å². The number of halogens is 5. The Balaban J connectivity index is 1.62. The lowest BCUT2D eigenvalue weighted by Crippen LogP contribution is -2.42. The van der Waals surface area contributed by atoms with Crippen LogP contribution in [0.25, 0.3) is 0 Å². The smallest absolute Gasteiger partial charge is 0.258 e. The Morgan fingerprint density at radius 1 is 0.923 bits per heavy atom. The number of ether oxygens (including phenoxy) is 1. The molecule has 0 aromatic heterocycles. The molecule has 1 aliphatic rings. The SMILES string of the molecule is CCCOc1ccc(NC(=O)CC2C(=O)N(c3ccccc3)C(=S)N2Nc2c(F)c(F)c(F)c(F)c2F)cc1. The fraction of sp³-hybridized carbons (Fsp3) is 0.192. The highest BCUT2D eigenvalue weighted by molar-refractivity contribution is 7.80. The summed E-state index contributed by atoms with van der Waals surface area (Å²) in [4.78, 5) is 27.2. The number of nitrogens with zero attached hydrogens (tertiary/aromatic N) is 2. The average molecular weight is 565 g/mol. The largest absolute Gasteiger partial charge is 0.494 e. The molecule has 0 radical (unpaired) electrons. The predicted molar refractivity (Wildman–Crippen MR) is 137 cm³/mol. The third-order valence-electron chi connectivity index (χ3n) is 5.66. The molecule has 39 heavy (non-hydrogen) atoms. The lowest BCUT2D eigenvalue weighted by molar-refractivity contribution is -0.124. The molecule has 7 nitrogen and oxygen atoms in total. The molecule has 0 spiro atoms. The summed E-state index contributed by atoms with van der Waals surface area (Å²) >= 11 is 5.32. The van der Waals surface area contributed by atoms with Gasteiger partial charge in [-0.25, -0.2) is 27.0 Å². The highest BCUT2D eigenvalue weighted by Gasteiger charge is 2.45. The summed E-state index contributed by atoms with van der Waals surface area (Å²) in [5, 5.41) is 2.95. The first-order valence-electron chi connectivity index (χ1n) is 11.7. The minimum Gasteiger partial charge on any atom is -0.494 e. The Morgan fingerprint density at radius 2 is 1.51 bits per heavy atom. The first-order chi connectivity index (χ1) is 18.6. The molecule has 4 rings (SSSR count). The van der Waals surface area contributed by atoms with E-state index < -0.39 is 59.1 Å². The van der Waals surface area contributed by atoms with Gasteiger partial charge in [0.1, 0.15) is 17.5 Å². The van der Waals surface area contributed by atoms with E-state index in [1.807, 2.05) is 12.3 Å². The highest BCUT2D eigenvalue weighted by atomic mass is 32.1. The van der Waals surface area contributed by atoms with Crippen molar-refractivity contribution in [1.82, 2.24) is 5.01 Å². The lowest BCUT2D eigenvalue weighted by Gasteiger charge is -2.26. The van der Waals surface area contributed by atoms with Gasteiger partial charge in [0.25, 0.3) is 5.91 Å². The van der Waals surface area contributed by atoms with Crippen molar-refractivity contribution in [2.24, 2.45) is 0 Å². The van der Waals surface area contributed by atoms with Crippen molar-refractivity contribution in [3.63, 3.8) is 0 Å². The monoisotopic (exact) mass is 564 g/mol. The molecule has 3 aromatic carbocycles. The van der Waals surface area contributed by atoms with Crippen molar-refractivity contribution in [2.45, 2.75) is 25.8 Å². The van der Waals surface area contributed by atoms with Gasteiger partial charge in [-0.05, 0) is 55.0 Å². The summed E-state index contributed by atoms with van der Waals surface area (Å²) in [6.07, 6.45) is 0.226. The number of carbonyl (C=O) groups excluding carboxylic acids is 2. The molecular formula is C26H21F5N4O3S. The van der Waals surface area contributed by atoms with Crippen LogP contribution < -0.4 is 20.4 Å². The predicted octanol–water partition coefficient (Wildman–Crippen LogP) is 5.53. The van der Waals surface area contributed by atoms with E-state index in [2.05, 4.69) is 5.32 Å². The molecule has 0 saturated carbocycles. The number of thiocarbonyl (C=S) groups is 1. The maximum absolute atomic E-state index is 14.4. The van der Waals surface area contributed by atoms with Crippen LogP contribution in [0, 0.1) is 29.1 Å². The normalized spacial score (nSPS) is 15.1. The van der Waals surface area contributed by atoms with Gasteiger partial charge in [0.05, 0.1) is 18.7 Å². The molecule has 1 atom stereocenters. The summed E-state index contributed by atoms with van der Waals surface area (Å²) in [5.41, 5.74) is 1.26. The molecule has 1 aliphatic heterocycles. The average Bonchev–Trinajstić information content (AvgIpc) is 3.16. The standard InChI is InChI=1S/C26H21F5N4O3S/c1-2-12-38-16-10-8-14(9-11-16)32-18(36)13-17-25(37)34(15-6-4-3-5-7-15)26(39)35(17)33-24-22(30)20(28)19(27)21(29)23(24)31/h3-11,17,33H,2,12-13H2,1H3,(H,32,36). The molecule has 0 aliphatic carbocycles. The van der Waals surface area contributed by atoms with Gasteiger partial charge in [-0.2, -0.15) is 0 Å². The Morgan fingerprint density at radius 3 is 2.10 bits per heavy atom. The van der Waals surface area contributed by atoms with Gasteiger partial charge in [-0.1, -0.05) is 25.1 Å². The van der Waals surface area contributed by atoms with Crippen LogP contribution >= 0.6 is 12.2 Å². The molecule has 1 heterocycles. The second-order valence-electron chi connectivity index (χ2n) is 8.36. The van der Waals surface area contributed by atoms with Crippen molar-refractivity contribution >= 4 is 46.2 Å². The van der Waals surface area contributed by atoms with Gasteiger partial charge in [0.15, 0.2) is 23.3 Å². The van der Waals surface area contributed by atoms with Crippen molar-refractivity contribution in [3.05, 3.63) is 83.7 Å². The van der Waals surface area contributed by atoms with Crippen molar-refractivity contribution in [2.75, 3.05) is 22.2 Å². The maximum Gasteiger partial charge on any atom is 0.258 e. The van der Waals surface area contributed by atoms with E-state index in [1.165, 1.54) is 12.1 Å². The van der Waals surface area contributed by atoms with E-state index in [4.69, 9.17) is 17.0 Å². The van der Waals surface area contributed by atoms with Crippen LogP contribution in [0.4, 0.5) is 39.0 Å². The number of carbonyl (C=O) groups is 2. The number of hydrogen-bond donors (Lipinski definition) is 2. The number of nitrogens with one attached hydrogen (secondary N) is 2. The first kappa shape index (κ1) is 27.8. The Labute approximate surface area is 225 Å². The van der Waals surface area contributed by atoms with E-state index in [0.717, 1.165) is 16.3 Å². The van der Waals surface area contributed by atoms with E-state index in [1.54, 1.807) is 42.5 Å². The Hall–Kier alpha value is -4.26. The Kier molecular flexibility index (Phi) is 8.29. The van der Waals surface area contributed by atoms with E-state index in [9.17, 15) is 31.5 Å². The van der Waals surface area contributed by atoms with E-state index in [0.29, 0.717) is 18.0 Å². The molecular weight excluding hydrogens is 543 g/mol. The molecule has 0 bridgehead atoms. The quantitative estimate of drug-likeness (QED) is 0.154. The van der Waals surface area contributed by atoms with Gasteiger partial charge in [-0.3, -0.25) is 19.9 Å². The Bertz CT molecular complexity index is 1380. The zero-order valence-electron chi connectivity index (χ0n) is 20.3. The van der Waals surface area contributed by atoms with Crippen LogP contribution in [0.1, 0.15) is 19.8 Å². The molecule has 2 N–H and O–H groups in total. The van der Waals surface area contributed by atoms with Crippen LogP contribution in [0.2, 0.25) is 0 Å². The molecule has 1 fully saturated rings. The molecule has 13 heteroatoms. The zero-order chi connectivity index (χ0) is 28.3. The maximum atomic E-state index is 14.4. The second kappa shape index (κ2) is 11.6. The minimum absolute atomic E-state index is 0.266. The molecule has 3 aromatic rings. The molecule has 2 amide bonds. The van der Waals surface area contributed by atoms with Crippen LogP contribution in [-0.2, 0) is 9.59 Å². The van der Waals surface area contributed by atoms with Gasteiger partial charge in [-0.15, -0.1) is 0 Å². The number of hydrogen-bond acceptors (Lipinski definition) is 5. The van der Waals surface area contributed by atoms with Gasteiger partial charge in [0, 0.05) is 5.69 Å². The topological polar surface area (TPSA) is 73.9 Å². The number of anilines is 3. The first-order valence-corrected chi connectivity index (χ1v) is 12.1. The fourth-order valence-corrected chi connectivity index (χ4v) is 4.15. The van der Waals surface area contributed by atoms with Crippen molar-refractivity contribution in [3.8, 4) is 5.75 Å². The van der Waals surface area contributed by atoms with Gasteiger partial charge in [0.2, 0.25) is 16.8 Å². The van der Waals surface area contributed by atoms with Crippen LogP contribution in [-0.4, -0.2) is 34.6 Å². The lowest BCUT2D eigenvalue weighted by atomic mass is 10.1. The van der Waals surface area contributed by atoms with E-state index in [-0.39, 0.29) is 10.8 Å². The number of para-hydroxylation sites is 1. The molecule has 204 valence electrons. The van der Waals surface area contributed by atoms with E-state index >= 15 is 0 Å². The van der Waals surface area contributed by atoms with Crippen LogP contribution in [0.15, 0.2) is 54.6 Å². The number of amides is 2. The molecule has 1 saturated heterocycles. The zero-order valence-corrected chi connectivity index (χ0v) is 21.1. The number of rotatable bonds is 9. The minimum atomic E-state index is -2.34. The van der Waals surface area contributed by atoms with Crippen molar-refractivity contribution < 1.29 is 36.3 Å². The third-order valence-corrected chi connectivity index (χ3v) is 6.04. The summed E-state index contributed by atoms with van der Waals surface area (Å²) in [6, 6.07) is 12.8. The third kappa shape index (κ3) is 5.62. The van der Waals surface area contributed by atoms with Gasteiger partial charge >= 0.3 is 0 Å². The summed E-state index contributed by atoms with van der Waals surface area (Å²) in [7, 11) is 0.